The third kappa shape index (κ3) is 4.18. The van der Waals surface area contributed by atoms with Crippen LogP contribution in [0.2, 0.25) is 0 Å². The molecule has 0 aliphatic rings. The van der Waals surface area contributed by atoms with Gasteiger partial charge in [-0.1, -0.05) is 0 Å². The van der Waals surface area contributed by atoms with Crippen molar-refractivity contribution in [3.8, 4) is 9.75 Å². The molecule has 0 spiro atoms. The highest BCUT2D eigenvalue weighted by atomic mass is 32.1. The van der Waals surface area contributed by atoms with Crippen molar-refractivity contribution in [2.24, 2.45) is 0 Å². The Morgan fingerprint density at radius 1 is 1.29 bits per heavy atom. The van der Waals surface area contributed by atoms with Gasteiger partial charge in [-0.05, 0) is 38.1 Å². The Kier molecular flexibility index (Phi) is 6.08. The molecule has 2 aromatic heterocycles. The van der Waals surface area contributed by atoms with E-state index in [2.05, 4.69) is 10.1 Å². The highest BCUT2D eigenvalue weighted by Gasteiger charge is 2.45. The zero-order valence-corrected chi connectivity index (χ0v) is 15.1. The predicted octanol–water partition coefficient (Wildman–Crippen LogP) is 3.43. The van der Waals surface area contributed by atoms with E-state index in [-0.39, 0.29) is 6.54 Å². The number of alkyl halides is 2. The number of hydrogen-bond acceptors (Lipinski definition) is 6. The molecular weight excluding hydrogens is 356 g/mol. The first kappa shape index (κ1) is 19.0. The molecule has 0 aliphatic heterocycles. The minimum atomic E-state index is -3.08. The predicted molar refractivity (Wildman–Crippen MR) is 91.6 cm³/mol. The molecule has 8 heteroatoms. The first-order valence-electron chi connectivity index (χ1n) is 7.23. The fourth-order valence-electron chi connectivity index (χ4n) is 2.15. The molecular formula is C16H19F2NO3S2. The van der Waals surface area contributed by atoms with E-state index in [1.807, 2.05) is 31.2 Å². The van der Waals surface area contributed by atoms with E-state index in [9.17, 15) is 18.7 Å². The molecule has 2 heterocycles. The summed E-state index contributed by atoms with van der Waals surface area (Å²) in [6, 6.07) is 6.36. The first-order chi connectivity index (χ1) is 11.3. The molecule has 0 saturated heterocycles. The SMILES string of the molecule is COC(=O)C(NCc1ccc(-c2ccc(C)s2)s1)C(C)(O)C(F)F. The van der Waals surface area contributed by atoms with Gasteiger partial charge in [-0.25, -0.2) is 8.78 Å². The minimum Gasteiger partial charge on any atom is -0.468 e. The molecule has 0 aromatic carbocycles. The summed E-state index contributed by atoms with van der Waals surface area (Å²) in [5, 5.41) is 12.6. The van der Waals surface area contributed by atoms with Crippen LogP contribution >= 0.6 is 22.7 Å². The lowest BCUT2D eigenvalue weighted by atomic mass is 9.97. The first-order valence-corrected chi connectivity index (χ1v) is 8.86. The highest BCUT2D eigenvalue weighted by molar-refractivity contribution is 7.22. The number of aliphatic hydroxyl groups is 1. The average molecular weight is 375 g/mol. The van der Waals surface area contributed by atoms with Crippen LogP contribution in [0.1, 0.15) is 16.7 Å². The number of rotatable bonds is 7. The second-order valence-electron chi connectivity index (χ2n) is 5.54. The largest absolute Gasteiger partial charge is 0.468 e. The lowest BCUT2D eigenvalue weighted by Crippen LogP contribution is -2.57. The van der Waals surface area contributed by atoms with Gasteiger partial charge in [0, 0.05) is 26.1 Å². The molecule has 0 bridgehead atoms. The third-order valence-electron chi connectivity index (χ3n) is 3.59. The zero-order chi connectivity index (χ0) is 17.9. The van der Waals surface area contributed by atoms with Crippen LogP contribution < -0.4 is 5.32 Å². The van der Waals surface area contributed by atoms with Gasteiger partial charge in [-0.2, -0.15) is 0 Å². The molecule has 132 valence electrons. The maximum atomic E-state index is 13.0. The van der Waals surface area contributed by atoms with Crippen LogP contribution in [0, 0.1) is 6.92 Å². The van der Waals surface area contributed by atoms with Crippen LogP contribution in [-0.2, 0) is 16.1 Å². The van der Waals surface area contributed by atoms with Crippen molar-refractivity contribution in [1.82, 2.24) is 5.32 Å². The van der Waals surface area contributed by atoms with Gasteiger partial charge in [0.25, 0.3) is 6.43 Å². The molecule has 0 aliphatic carbocycles. The quantitative estimate of drug-likeness (QED) is 0.728. The minimum absolute atomic E-state index is 0.178. The number of nitrogens with one attached hydrogen (secondary N) is 1. The van der Waals surface area contributed by atoms with Gasteiger partial charge >= 0.3 is 5.97 Å². The van der Waals surface area contributed by atoms with Crippen molar-refractivity contribution in [2.45, 2.75) is 38.5 Å². The van der Waals surface area contributed by atoms with E-state index in [1.165, 1.54) is 16.2 Å². The number of ether oxygens (including phenoxy) is 1. The Morgan fingerprint density at radius 2 is 1.92 bits per heavy atom. The van der Waals surface area contributed by atoms with E-state index < -0.39 is 24.0 Å². The summed E-state index contributed by atoms with van der Waals surface area (Å²) in [4.78, 5) is 16.0. The topological polar surface area (TPSA) is 58.6 Å². The second-order valence-corrected chi connectivity index (χ2v) is 8.00. The molecule has 2 rings (SSSR count). The van der Waals surface area contributed by atoms with Gasteiger partial charge in [0.2, 0.25) is 0 Å². The summed E-state index contributed by atoms with van der Waals surface area (Å²) in [6.45, 7) is 3.12. The van der Waals surface area contributed by atoms with Crippen LogP contribution in [0.25, 0.3) is 9.75 Å². The van der Waals surface area contributed by atoms with E-state index in [0.717, 1.165) is 28.7 Å². The summed E-state index contributed by atoms with van der Waals surface area (Å²) in [5.74, 6) is -0.925. The maximum Gasteiger partial charge on any atom is 0.326 e. The van der Waals surface area contributed by atoms with Gasteiger partial charge in [-0.15, -0.1) is 22.7 Å². The molecule has 2 atom stereocenters. The van der Waals surface area contributed by atoms with Gasteiger partial charge in [0.15, 0.2) is 0 Å². The Balaban J connectivity index is 2.09. The number of halogens is 2. The molecule has 2 aromatic rings. The van der Waals surface area contributed by atoms with Gasteiger partial charge < -0.3 is 9.84 Å². The normalized spacial score (nSPS) is 15.3. The van der Waals surface area contributed by atoms with E-state index in [1.54, 1.807) is 11.3 Å². The highest BCUT2D eigenvalue weighted by Crippen LogP contribution is 2.33. The number of carbonyl (C=O) groups is 1. The molecule has 2 unspecified atom stereocenters. The smallest absolute Gasteiger partial charge is 0.326 e. The third-order valence-corrected chi connectivity index (χ3v) is 5.87. The second kappa shape index (κ2) is 7.69. The van der Waals surface area contributed by atoms with Crippen molar-refractivity contribution < 1.29 is 23.4 Å². The van der Waals surface area contributed by atoms with Crippen LogP contribution in [0.4, 0.5) is 8.78 Å². The fraction of sp³-hybridized carbons (Fsp3) is 0.438. The van der Waals surface area contributed by atoms with Crippen molar-refractivity contribution in [3.05, 3.63) is 34.0 Å². The van der Waals surface area contributed by atoms with Crippen molar-refractivity contribution >= 4 is 28.6 Å². The summed E-state index contributed by atoms with van der Waals surface area (Å²) in [6.07, 6.45) is -3.08. The van der Waals surface area contributed by atoms with Crippen LogP contribution in [0.15, 0.2) is 24.3 Å². The molecule has 0 radical (unpaired) electrons. The van der Waals surface area contributed by atoms with E-state index >= 15 is 0 Å². The Hall–Kier alpha value is -1.35. The molecule has 0 fully saturated rings. The zero-order valence-electron chi connectivity index (χ0n) is 13.5. The van der Waals surface area contributed by atoms with Crippen LogP contribution in [-0.4, -0.2) is 36.3 Å². The number of methoxy groups -OCH3 is 1. The Morgan fingerprint density at radius 3 is 2.46 bits per heavy atom. The lowest BCUT2D eigenvalue weighted by molar-refractivity contribution is -0.161. The van der Waals surface area contributed by atoms with Crippen molar-refractivity contribution in [3.63, 3.8) is 0 Å². The molecule has 4 nitrogen and oxygen atoms in total. The van der Waals surface area contributed by atoms with Crippen LogP contribution in [0.3, 0.4) is 0 Å². The molecule has 2 N–H and O–H groups in total. The number of aryl methyl sites for hydroxylation is 1. The van der Waals surface area contributed by atoms with Gasteiger partial charge in [-0.3, -0.25) is 10.1 Å². The number of esters is 1. The van der Waals surface area contributed by atoms with Gasteiger partial charge in [0.05, 0.1) is 7.11 Å². The van der Waals surface area contributed by atoms with Gasteiger partial charge in [0.1, 0.15) is 11.6 Å². The molecule has 0 amide bonds. The van der Waals surface area contributed by atoms with E-state index in [0.29, 0.717) is 0 Å². The fourth-order valence-corrected chi connectivity index (χ4v) is 4.06. The standard InChI is InChI=1S/C16H19F2NO3S2/c1-9-4-6-11(23-9)12-7-5-10(24-12)8-19-13(14(20)22-3)16(2,21)15(17)18/h4-7,13,15,19,21H,8H2,1-3H3. The van der Waals surface area contributed by atoms with Crippen LogP contribution in [0.5, 0.6) is 0 Å². The average Bonchev–Trinajstić information content (AvgIpc) is 3.15. The maximum absolute atomic E-state index is 13.0. The lowest BCUT2D eigenvalue weighted by Gasteiger charge is -2.30. The van der Waals surface area contributed by atoms with E-state index in [4.69, 9.17) is 0 Å². The monoisotopic (exact) mass is 375 g/mol. The molecule has 24 heavy (non-hydrogen) atoms. The summed E-state index contributed by atoms with van der Waals surface area (Å²) in [5.41, 5.74) is -2.52. The number of hydrogen-bond donors (Lipinski definition) is 2. The Labute approximate surface area is 147 Å². The Bertz CT molecular complexity index is 697. The van der Waals surface area contributed by atoms with Crippen molar-refractivity contribution in [2.75, 3.05) is 7.11 Å². The summed E-state index contributed by atoms with van der Waals surface area (Å²) >= 11 is 3.18. The van der Waals surface area contributed by atoms with Crippen molar-refractivity contribution in [1.29, 1.82) is 0 Å². The summed E-state index contributed by atoms with van der Waals surface area (Å²) in [7, 11) is 1.10. The number of thiophene rings is 2. The molecule has 0 saturated carbocycles. The number of carbonyl (C=O) groups excluding carboxylic acids is 1. The summed E-state index contributed by atoms with van der Waals surface area (Å²) < 4.78 is 30.6.